The van der Waals surface area contributed by atoms with Gasteiger partial charge in [-0.25, -0.2) is 9.97 Å². The molecule has 2 aromatic heterocycles. The van der Waals surface area contributed by atoms with Crippen LogP contribution in [0.25, 0.3) is 11.4 Å². The quantitative estimate of drug-likeness (QED) is 0.604. The molecule has 0 spiro atoms. The van der Waals surface area contributed by atoms with Gasteiger partial charge >= 0.3 is 0 Å². The molecule has 0 unspecified atom stereocenters. The molecule has 1 aromatic carbocycles. The molecule has 7 nitrogen and oxygen atoms in total. The first-order valence-electron chi connectivity index (χ1n) is 9.94. The summed E-state index contributed by atoms with van der Waals surface area (Å²) >= 11 is 0. The molecule has 30 heavy (non-hydrogen) atoms. The van der Waals surface area contributed by atoms with Gasteiger partial charge in [0.05, 0.1) is 11.3 Å². The van der Waals surface area contributed by atoms with Crippen LogP contribution in [0.3, 0.4) is 0 Å². The van der Waals surface area contributed by atoms with Crippen LogP contribution in [0.5, 0.6) is 0 Å². The van der Waals surface area contributed by atoms with Gasteiger partial charge in [0.25, 0.3) is 5.91 Å². The molecule has 3 rings (SSSR count). The Balaban J connectivity index is 1.70. The standard InChI is InChI=1S/C23H25N5O2/c1-4-5-8-21(29)28-20-10-9-18(12-15(20)2)27-23(30)19-14-25-22(26-16(19)3)17-7-6-11-24-13-17/h6-7,9-14H,4-5,8H2,1-3H3,(H,27,30)(H,28,29). The first-order chi connectivity index (χ1) is 14.5. The summed E-state index contributed by atoms with van der Waals surface area (Å²) in [5, 5.41) is 5.78. The molecular formula is C23H25N5O2. The van der Waals surface area contributed by atoms with Gasteiger partial charge in [0, 0.05) is 41.9 Å². The van der Waals surface area contributed by atoms with E-state index in [0.717, 1.165) is 29.7 Å². The SMILES string of the molecule is CCCCC(=O)Nc1ccc(NC(=O)c2cnc(-c3cccnc3)nc2C)cc1C. The molecule has 154 valence electrons. The smallest absolute Gasteiger partial charge is 0.259 e. The van der Waals surface area contributed by atoms with Gasteiger partial charge in [-0.15, -0.1) is 0 Å². The van der Waals surface area contributed by atoms with Crippen LogP contribution in [0.15, 0.2) is 48.9 Å². The maximum absolute atomic E-state index is 12.7. The minimum Gasteiger partial charge on any atom is -0.326 e. The van der Waals surface area contributed by atoms with Crippen molar-refractivity contribution < 1.29 is 9.59 Å². The number of benzene rings is 1. The molecule has 0 fully saturated rings. The van der Waals surface area contributed by atoms with Crippen LogP contribution < -0.4 is 10.6 Å². The van der Waals surface area contributed by atoms with Crippen LogP contribution in [0.1, 0.15) is 47.8 Å². The lowest BCUT2D eigenvalue weighted by Crippen LogP contribution is -2.16. The number of pyridine rings is 1. The van der Waals surface area contributed by atoms with Crippen molar-refractivity contribution in [2.75, 3.05) is 10.6 Å². The van der Waals surface area contributed by atoms with Gasteiger partial charge < -0.3 is 10.6 Å². The molecule has 0 radical (unpaired) electrons. The first-order valence-corrected chi connectivity index (χ1v) is 9.94. The topological polar surface area (TPSA) is 96.9 Å². The second-order valence-corrected chi connectivity index (χ2v) is 7.07. The number of anilines is 2. The second kappa shape index (κ2) is 9.73. The number of aryl methyl sites for hydroxylation is 2. The summed E-state index contributed by atoms with van der Waals surface area (Å²) in [6.07, 6.45) is 7.23. The van der Waals surface area contributed by atoms with Crippen LogP contribution in [0.4, 0.5) is 11.4 Å². The number of carbonyl (C=O) groups excluding carboxylic acids is 2. The fourth-order valence-corrected chi connectivity index (χ4v) is 2.95. The Kier molecular flexibility index (Phi) is 6.85. The van der Waals surface area contributed by atoms with E-state index in [1.165, 1.54) is 6.20 Å². The van der Waals surface area contributed by atoms with E-state index < -0.39 is 0 Å². The van der Waals surface area contributed by atoms with Crippen molar-refractivity contribution in [2.24, 2.45) is 0 Å². The molecule has 3 aromatic rings. The number of hydrogen-bond acceptors (Lipinski definition) is 5. The lowest BCUT2D eigenvalue weighted by molar-refractivity contribution is -0.116. The zero-order valence-electron chi connectivity index (χ0n) is 17.4. The fourth-order valence-electron chi connectivity index (χ4n) is 2.95. The highest BCUT2D eigenvalue weighted by Gasteiger charge is 2.14. The molecule has 2 amide bonds. The average molecular weight is 403 g/mol. The highest BCUT2D eigenvalue weighted by Crippen LogP contribution is 2.21. The molecule has 2 heterocycles. The molecule has 0 aliphatic rings. The highest BCUT2D eigenvalue weighted by atomic mass is 16.2. The Hall–Kier alpha value is -3.61. The van der Waals surface area contributed by atoms with Crippen molar-refractivity contribution in [2.45, 2.75) is 40.0 Å². The predicted molar refractivity (Wildman–Crippen MR) is 117 cm³/mol. The zero-order chi connectivity index (χ0) is 21.5. The van der Waals surface area contributed by atoms with E-state index in [9.17, 15) is 9.59 Å². The molecule has 2 N–H and O–H groups in total. The lowest BCUT2D eigenvalue weighted by Gasteiger charge is -2.12. The van der Waals surface area contributed by atoms with Crippen LogP contribution in [0, 0.1) is 13.8 Å². The maximum Gasteiger partial charge on any atom is 0.259 e. The number of nitrogens with one attached hydrogen (secondary N) is 2. The van der Waals surface area contributed by atoms with Crippen LogP contribution in [-0.2, 0) is 4.79 Å². The predicted octanol–water partition coefficient (Wildman–Crippen LogP) is 4.54. The molecule has 0 saturated carbocycles. The molecule has 0 aliphatic heterocycles. The summed E-state index contributed by atoms with van der Waals surface area (Å²) in [7, 11) is 0. The second-order valence-electron chi connectivity index (χ2n) is 7.07. The Morgan fingerprint density at radius 1 is 1.07 bits per heavy atom. The van der Waals surface area contributed by atoms with Crippen LogP contribution >= 0.6 is 0 Å². The molecular weight excluding hydrogens is 378 g/mol. The molecule has 0 atom stereocenters. The molecule has 0 saturated heterocycles. The number of amides is 2. The summed E-state index contributed by atoms with van der Waals surface area (Å²) in [6.45, 7) is 5.72. The maximum atomic E-state index is 12.7. The average Bonchev–Trinajstić information content (AvgIpc) is 2.74. The van der Waals surface area contributed by atoms with Crippen LogP contribution in [-0.4, -0.2) is 26.8 Å². The van der Waals surface area contributed by atoms with E-state index in [2.05, 4.69) is 32.5 Å². The van der Waals surface area contributed by atoms with Crippen LogP contribution in [0.2, 0.25) is 0 Å². The van der Waals surface area contributed by atoms with Crippen molar-refractivity contribution in [3.8, 4) is 11.4 Å². The van der Waals surface area contributed by atoms with Crippen molar-refractivity contribution in [3.05, 3.63) is 65.7 Å². The Bertz CT molecular complexity index is 1050. The van der Waals surface area contributed by atoms with E-state index >= 15 is 0 Å². The first kappa shape index (κ1) is 21.1. The van der Waals surface area contributed by atoms with Gasteiger partial charge in [0.2, 0.25) is 5.91 Å². The third-order valence-electron chi connectivity index (χ3n) is 4.66. The normalized spacial score (nSPS) is 10.5. The lowest BCUT2D eigenvalue weighted by atomic mass is 10.1. The molecule has 0 aliphatic carbocycles. The van der Waals surface area contributed by atoms with Crippen molar-refractivity contribution in [1.82, 2.24) is 15.0 Å². The van der Waals surface area contributed by atoms with Gasteiger partial charge in [-0.1, -0.05) is 13.3 Å². The third-order valence-corrected chi connectivity index (χ3v) is 4.66. The number of nitrogens with zero attached hydrogens (tertiary/aromatic N) is 3. The van der Waals surface area contributed by atoms with Gasteiger partial charge in [0.15, 0.2) is 5.82 Å². The van der Waals surface area contributed by atoms with Crippen molar-refractivity contribution in [3.63, 3.8) is 0 Å². The summed E-state index contributed by atoms with van der Waals surface area (Å²) < 4.78 is 0. The summed E-state index contributed by atoms with van der Waals surface area (Å²) in [6, 6.07) is 9.07. The van der Waals surface area contributed by atoms with E-state index in [4.69, 9.17) is 0 Å². The van der Waals surface area contributed by atoms with Gasteiger partial charge in [-0.05, 0) is 56.2 Å². The number of hydrogen-bond donors (Lipinski definition) is 2. The Morgan fingerprint density at radius 2 is 1.90 bits per heavy atom. The third kappa shape index (κ3) is 5.26. The van der Waals surface area contributed by atoms with E-state index in [0.29, 0.717) is 29.2 Å². The van der Waals surface area contributed by atoms with Gasteiger partial charge in [-0.3, -0.25) is 14.6 Å². The zero-order valence-corrected chi connectivity index (χ0v) is 17.4. The number of unbranched alkanes of at least 4 members (excludes halogenated alkanes) is 1. The largest absolute Gasteiger partial charge is 0.326 e. The molecule has 7 heteroatoms. The van der Waals surface area contributed by atoms with Gasteiger partial charge in [0.1, 0.15) is 0 Å². The van der Waals surface area contributed by atoms with E-state index in [-0.39, 0.29) is 11.8 Å². The highest BCUT2D eigenvalue weighted by molar-refractivity contribution is 6.05. The Labute approximate surface area is 176 Å². The fraction of sp³-hybridized carbons (Fsp3) is 0.261. The van der Waals surface area contributed by atoms with Gasteiger partial charge in [-0.2, -0.15) is 0 Å². The summed E-state index contributed by atoms with van der Waals surface area (Å²) in [5.41, 5.74) is 4.03. The number of rotatable bonds is 7. The van der Waals surface area contributed by atoms with Crippen molar-refractivity contribution in [1.29, 1.82) is 0 Å². The monoisotopic (exact) mass is 403 g/mol. The molecule has 0 bridgehead atoms. The Morgan fingerprint density at radius 3 is 2.57 bits per heavy atom. The summed E-state index contributed by atoms with van der Waals surface area (Å²) in [4.78, 5) is 37.4. The van der Waals surface area contributed by atoms with Crippen molar-refractivity contribution >= 4 is 23.2 Å². The minimum atomic E-state index is -0.288. The number of carbonyl (C=O) groups is 2. The number of aromatic nitrogens is 3. The minimum absolute atomic E-state index is 0.00165. The van der Waals surface area contributed by atoms with E-state index in [1.54, 1.807) is 31.5 Å². The van der Waals surface area contributed by atoms with E-state index in [1.807, 2.05) is 25.1 Å². The summed E-state index contributed by atoms with van der Waals surface area (Å²) in [5.74, 6) is 0.235.